The van der Waals surface area contributed by atoms with E-state index in [4.69, 9.17) is 12.6 Å². The van der Waals surface area contributed by atoms with E-state index in [1.54, 1.807) is 13.8 Å². The van der Waals surface area contributed by atoms with E-state index in [0.717, 1.165) is 0 Å². The third-order valence-electron chi connectivity index (χ3n) is 3.49. The Morgan fingerprint density at radius 2 is 1.62 bits per heavy atom. The van der Waals surface area contributed by atoms with Crippen molar-refractivity contribution in [3.8, 4) is 0 Å². The molecule has 2 radical (unpaired) electrons. The number of imide groups is 1. The summed E-state index contributed by atoms with van der Waals surface area (Å²) in [6.45, 7) is 3.33. The van der Waals surface area contributed by atoms with E-state index < -0.39 is 5.44 Å². The molecule has 3 rings (SSSR count). The van der Waals surface area contributed by atoms with Crippen LogP contribution in [0.25, 0.3) is 0 Å². The molecule has 4 atom stereocenters. The fourth-order valence-electron chi connectivity index (χ4n) is 2.87. The highest BCUT2D eigenvalue weighted by Gasteiger charge is 2.62. The first kappa shape index (κ1) is 10.1. The molecule has 0 aromatic heterocycles. The monoisotopic (exact) mass is 217 g/mol. The second kappa shape index (κ2) is 2.77. The number of carbonyl (C=O) groups excluding carboxylic acids is 2. The second-order valence-electron chi connectivity index (χ2n) is 5.17. The zero-order valence-corrected chi connectivity index (χ0v) is 9.21. The first-order valence-corrected chi connectivity index (χ1v) is 5.42. The van der Waals surface area contributed by atoms with E-state index in [1.165, 1.54) is 4.90 Å². The van der Waals surface area contributed by atoms with Crippen LogP contribution in [0.5, 0.6) is 0 Å². The smallest absolute Gasteiger partial charge is 0.235 e. The van der Waals surface area contributed by atoms with Crippen molar-refractivity contribution in [2.45, 2.75) is 31.5 Å². The van der Waals surface area contributed by atoms with Crippen molar-refractivity contribution >= 4 is 19.7 Å². The molecule has 0 aromatic carbocycles. The standard InChI is InChI=1S/C11H12BNO3/c1-11(2,12)13-9(14)7-5-3-4-6(16-5)8(7)10(13)15/h3-8H,1-2H3. The zero-order valence-electron chi connectivity index (χ0n) is 9.21. The first-order chi connectivity index (χ1) is 7.41. The molecule has 0 aromatic rings. The van der Waals surface area contributed by atoms with Crippen LogP contribution < -0.4 is 0 Å². The number of hydrogen-bond donors (Lipinski definition) is 0. The lowest BCUT2D eigenvalue weighted by atomic mass is 9.80. The summed E-state index contributed by atoms with van der Waals surface area (Å²) in [7, 11) is 5.86. The minimum atomic E-state index is -0.933. The molecular weight excluding hydrogens is 205 g/mol. The summed E-state index contributed by atoms with van der Waals surface area (Å²) in [5.41, 5.74) is -0.933. The van der Waals surface area contributed by atoms with E-state index in [9.17, 15) is 9.59 Å². The minimum Gasteiger partial charge on any atom is -0.365 e. The summed E-state index contributed by atoms with van der Waals surface area (Å²) in [6, 6.07) is 0. The Labute approximate surface area is 95.0 Å². The molecule has 0 aliphatic carbocycles. The van der Waals surface area contributed by atoms with E-state index in [2.05, 4.69) is 0 Å². The van der Waals surface area contributed by atoms with Gasteiger partial charge in [-0.05, 0) is 0 Å². The minimum absolute atomic E-state index is 0.195. The summed E-state index contributed by atoms with van der Waals surface area (Å²) in [5, 5.41) is 0. The Morgan fingerprint density at radius 1 is 1.19 bits per heavy atom. The molecule has 0 saturated carbocycles. The molecule has 0 spiro atoms. The summed E-state index contributed by atoms with van der Waals surface area (Å²) in [5.74, 6) is -1.10. The van der Waals surface area contributed by atoms with Gasteiger partial charge in [0.2, 0.25) is 11.8 Å². The second-order valence-corrected chi connectivity index (χ2v) is 5.17. The molecule has 0 N–H and O–H groups in total. The van der Waals surface area contributed by atoms with Crippen molar-refractivity contribution in [3.05, 3.63) is 12.2 Å². The van der Waals surface area contributed by atoms with Crippen LogP contribution >= 0.6 is 0 Å². The number of nitrogens with zero attached hydrogens (tertiary/aromatic N) is 1. The predicted molar refractivity (Wildman–Crippen MR) is 56.5 cm³/mol. The Morgan fingerprint density at radius 3 is 2.00 bits per heavy atom. The largest absolute Gasteiger partial charge is 0.365 e. The number of amides is 2. The highest BCUT2D eigenvalue weighted by atomic mass is 16.5. The number of hydrogen-bond acceptors (Lipinski definition) is 3. The Hall–Kier alpha value is -1.10. The third kappa shape index (κ3) is 1.04. The zero-order chi connectivity index (χ0) is 11.7. The molecule has 3 aliphatic rings. The van der Waals surface area contributed by atoms with Crippen LogP contribution in [0.15, 0.2) is 12.2 Å². The van der Waals surface area contributed by atoms with Gasteiger partial charge >= 0.3 is 0 Å². The van der Waals surface area contributed by atoms with E-state index in [0.29, 0.717) is 0 Å². The summed E-state index contributed by atoms with van der Waals surface area (Å²) < 4.78 is 5.52. The van der Waals surface area contributed by atoms with E-state index >= 15 is 0 Å². The number of carbonyl (C=O) groups is 2. The van der Waals surface area contributed by atoms with Gasteiger partial charge in [0.15, 0.2) is 0 Å². The molecule has 5 heteroatoms. The van der Waals surface area contributed by atoms with Crippen LogP contribution in [-0.2, 0) is 14.3 Å². The molecule has 2 bridgehead atoms. The van der Waals surface area contributed by atoms with Gasteiger partial charge in [-0.1, -0.05) is 26.0 Å². The van der Waals surface area contributed by atoms with Crippen LogP contribution in [0.4, 0.5) is 0 Å². The number of ether oxygens (including phenoxy) is 1. The molecule has 16 heavy (non-hydrogen) atoms. The molecule has 82 valence electrons. The summed E-state index contributed by atoms with van der Waals surface area (Å²) in [6.07, 6.45) is 3.26. The lowest BCUT2D eigenvalue weighted by molar-refractivity contribution is -0.145. The average molecular weight is 217 g/mol. The van der Waals surface area contributed by atoms with Crippen molar-refractivity contribution < 1.29 is 14.3 Å². The van der Waals surface area contributed by atoms with Gasteiger partial charge in [0, 0.05) is 5.44 Å². The highest BCUT2D eigenvalue weighted by molar-refractivity contribution is 6.20. The van der Waals surface area contributed by atoms with Crippen molar-refractivity contribution in [1.29, 1.82) is 0 Å². The van der Waals surface area contributed by atoms with Gasteiger partial charge in [-0.2, -0.15) is 0 Å². The predicted octanol–water partition coefficient (Wildman–Crippen LogP) is -0.171. The third-order valence-corrected chi connectivity index (χ3v) is 3.49. The SMILES string of the molecule is [B]C(C)(C)N1C(=O)C2C3C=CC(O3)C2C1=O. The van der Waals surface area contributed by atoms with Gasteiger partial charge in [-0.25, -0.2) is 0 Å². The van der Waals surface area contributed by atoms with Crippen molar-refractivity contribution in [2.75, 3.05) is 0 Å². The van der Waals surface area contributed by atoms with Gasteiger partial charge in [0.1, 0.15) is 7.85 Å². The molecule has 2 amide bonds. The molecule has 4 unspecified atom stereocenters. The van der Waals surface area contributed by atoms with Gasteiger partial charge in [0.05, 0.1) is 24.0 Å². The lowest BCUT2D eigenvalue weighted by Crippen LogP contribution is -2.49. The lowest BCUT2D eigenvalue weighted by Gasteiger charge is -2.31. The average Bonchev–Trinajstić information content (AvgIpc) is 2.77. The maximum absolute atomic E-state index is 12.1. The van der Waals surface area contributed by atoms with Gasteiger partial charge < -0.3 is 4.74 Å². The van der Waals surface area contributed by atoms with Gasteiger partial charge in [-0.15, -0.1) is 0 Å². The number of fused-ring (bicyclic) bond motifs is 5. The Balaban J connectivity index is 2.01. The molecule has 3 heterocycles. The maximum atomic E-state index is 12.1. The van der Waals surface area contributed by atoms with Crippen molar-refractivity contribution in [3.63, 3.8) is 0 Å². The fourth-order valence-corrected chi connectivity index (χ4v) is 2.87. The Bertz CT molecular complexity index is 382. The van der Waals surface area contributed by atoms with Crippen LogP contribution in [0.1, 0.15) is 13.8 Å². The van der Waals surface area contributed by atoms with Crippen LogP contribution in [0.2, 0.25) is 0 Å². The van der Waals surface area contributed by atoms with E-state index in [-0.39, 0.29) is 35.9 Å². The molecule has 2 fully saturated rings. The van der Waals surface area contributed by atoms with Gasteiger partial charge in [-0.3, -0.25) is 14.5 Å². The van der Waals surface area contributed by atoms with E-state index in [1.807, 2.05) is 12.2 Å². The summed E-state index contributed by atoms with van der Waals surface area (Å²) >= 11 is 0. The number of likely N-dealkylation sites (tertiary alicyclic amines) is 1. The highest BCUT2D eigenvalue weighted by Crippen LogP contribution is 2.46. The van der Waals surface area contributed by atoms with Crippen LogP contribution in [0, 0.1) is 11.8 Å². The summed E-state index contributed by atoms with van der Waals surface area (Å²) in [4.78, 5) is 25.5. The first-order valence-electron chi connectivity index (χ1n) is 5.42. The molecule has 2 saturated heterocycles. The van der Waals surface area contributed by atoms with Crippen molar-refractivity contribution in [1.82, 2.24) is 4.90 Å². The van der Waals surface area contributed by atoms with Crippen LogP contribution in [0.3, 0.4) is 0 Å². The Kier molecular flexibility index (Phi) is 1.75. The molecule has 3 aliphatic heterocycles. The van der Waals surface area contributed by atoms with Crippen molar-refractivity contribution in [2.24, 2.45) is 11.8 Å². The molecule has 4 nitrogen and oxygen atoms in total. The molecular formula is C11H12BNO3. The topological polar surface area (TPSA) is 46.6 Å². The maximum Gasteiger partial charge on any atom is 0.235 e. The normalized spacial score (nSPS) is 41.0. The van der Waals surface area contributed by atoms with Gasteiger partial charge in [0.25, 0.3) is 0 Å². The quantitative estimate of drug-likeness (QED) is 0.348. The fraction of sp³-hybridized carbons (Fsp3) is 0.636. The number of rotatable bonds is 1. The van der Waals surface area contributed by atoms with Crippen LogP contribution in [-0.4, -0.2) is 42.2 Å².